The molecule has 94 valence electrons. The van der Waals surface area contributed by atoms with Gasteiger partial charge in [-0.05, 0) is 24.7 Å². The first-order valence-electron chi connectivity index (χ1n) is 5.54. The second kappa shape index (κ2) is 5.55. The van der Waals surface area contributed by atoms with Crippen LogP contribution in [-0.4, -0.2) is 24.4 Å². The van der Waals surface area contributed by atoms with Gasteiger partial charge in [-0.15, -0.1) is 0 Å². The predicted molar refractivity (Wildman–Crippen MR) is 65.9 cm³/mol. The molecule has 5 heteroatoms. The molecule has 2 aromatic rings. The van der Waals surface area contributed by atoms with E-state index in [1.54, 1.807) is 43.7 Å². The second-order valence-electron chi connectivity index (χ2n) is 3.76. The molecule has 0 aliphatic rings. The standard InChI is InChI=1S/C13H14FN3O/c1-15-13(9-6-7-16-17-8-9)10-4-3-5-11(18-2)12(10)14/h3-8,13,15H,1-2H3. The number of hydrogen-bond donors (Lipinski definition) is 1. The van der Waals surface area contributed by atoms with E-state index in [2.05, 4.69) is 15.5 Å². The normalized spacial score (nSPS) is 12.2. The van der Waals surface area contributed by atoms with Crippen molar-refractivity contribution in [3.63, 3.8) is 0 Å². The summed E-state index contributed by atoms with van der Waals surface area (Å²) in [5, 5.41) is 10.6. The van der Waals surface area contributed by atoms with Crippen molar-refractivity contribution >= 4 is 0 Å². The lowest BCUT2D eigenvalue weighted by Gasteiger charge is -2.18. The number of rotatable bonds is 4. The van der Waals surface area contributed by atoms with E-state index in [-0.39, 0.29) is 17.6 Å². The SMILES string of the molecule is CNC(c1ccnnc1)c1cccc(OC)c1F. The van der Waals surface area contributed by atoms with Crippen LogP contribution in [0.1, 0.15) is 17.2 Å². The van der Waals surface area contributed by atoms with Crippen molar-refractivity contribution < 1.29 is 9.13 Å². The van der Waals surface area contributed by atoms with Crippen LogP contribution in [0.25, 0.3) is 0 Å². The van der Waals surface area contributed by atoms with Crippen molar-refractivity contribution in [1.82, 2.24) is 15.5 Å². The fourth-order valence-corrected chi connectivity index (χ4v) is 1.88. The molecule has 0 bridgehead atoms. The van der Waals surface area contributed by atoms with Crippen molar-refractivity contribution in [1.29, 1.82) is 0 Å². The van der Waals surface area contributed by atoms with E-state index >= 15 is 0 Å². The van der Waals surface area contributed by atoms with Gasteiger partial charge in [0, 0.05) is 11.8 Å². The number of halogens is 1. The Morgan fingerprint density at radius 2 is 2.11 bits per heavy atom. The molecule has 1 aromatic carbocycles. The van der Waals surface area contributed by atoms with Crippen LogP contribution in [0, 0.1) is 5.82 Å². The van der Waals surface area contributed by atoms with Crippen LogP contribution in [0.5, 0.6) is 5.75 Å². The van der Waals surface area contributed by atoms with Gasteiger partial charge in [0.2, 0.25) is 0 Å². The van der Waals surface area contributed by atoms with Gasteiger partial charge in [-0.25, -0.2) is 4.39 Å². The maximum Gasteiger partial charge on any atom is 0.170 e. The summed E-state index contributed by atoms with van der Waals surface area (Å²) in [5.41, 5.74) is 1.37. The summed E-state index contributed by atoms with van der Waals surface area (Å²) in [6.45, 7) is 0. The summed E-state index contributed by atoms with van der Waals surface area (Å²) in [7, 11) is 3.22. The van der Waals surface area contributed by atoms with E-state index in [4.69, 9.17) is 4.74 Å². The van der Waals surface area contributed by atoms with E-state index in [0.717, 1.165) is 5.56 Å². The Kier molecular flexibility index (Phi) is 3.84. The van der Waals surface area contributed by atoms with Gasteiger partial charge in [-0.1, -0.05) is 12.1 Å². The Balaban J connectivity index is 2.46. The van der Waals surface area contributed by atoms with E-state index in [1.807, 2.05) is 0 Å². The van der Waals surface area contributed by atoms with E-state index in [1.165, 1.54) is 7.11 Å². The molecule has 1 N–H and O–H groups in total. The van der Waals surface area contributed by atoms with Gasteiger partial charge in [-0.3, -0.25) is 0 Å². The second-order valence-corrected chi connectivity index (χ2v) is 3.76. The number of aromatic nitrogens is 2. The average molecular weight is 247 g/mol. The largest absolute Gasteiger partial charge is 0.494 e. The van der Waals surface area contributed by atoms with Crippen LogP contribution in [0.2, 0.25) is 0 Å². The lowest BCUT2D eigenvalue weighted by atomic mass is 10.00. The van der Waals surface area contributed by atoms with Gasteiger partial charge in [0.1, 0.15) is 0 Å². The molecule has 0 amide bonds. The zero-order valence-electron chi connectivity index (χ0n) is 10.2. The lowest BCUT2D eigenvalue weighted by molar-refractivity contribution is 0.382. The van der Waals surface area contributed by atoms with Crippen molar-refractivity contribution in [3.05, 3.63) is 53.6 Å². The monoisotopic (exact) mass is 247 g/mol. The Bertz CT molecular complexity index is 519. The predicted octanol–water partition coefficient (Wildman–Crippen LogP) is 1.93. The highest BCUT2D eigenvalue weighted by molar-refractivity contribution is 5.37. The molecule has 0 aliphatic heterocycles. The molecule has 1 heterocycles. The van der Waals surface area contributed by atoms with E-state index in [0.29, 0.717) is 5.56 Å². The molecule has 0 saturated carbocycles. The minimum absolute atomic E-state index is 0.231. The third-order valence-corrected chi connectivity index (χ3v) is 2.75. The summed E-state index contributed by atoms with van der Waals surface area (Å²) in [4.78, 5) is 0. The molecule has 18 heavy (non-hydrogen) atoms. The molecule has 0 aliphatic carbocycles. The van der Waals surface area contributed by atoms with Crippen LogP contribution in [-0.2, 0) is 0 Å². The van der Waals surface area contributed by atoms with Gasteiger partial charge in [0.15, 0.2) is 11.6 Å². The molecule has 2 rings (SSSR count). The molecule has 0 radical (unpaired) electrons. The molecule has 0 saturated heterocycles. The maximum absolute atomic E-state index is 14.2. The number of ether oxygens (including phenoxy) is 1. The first-order chi connectivity index (χ1) is 8.77. The zero-order valence-corrected chi connectivity index (χ0v) is 10.2. The Morgan fingerprint density at radius 1 is 1.28 bits per heavy atom. The summed E-state index contributed by atoms with van der Waals surface area (Å²) in [6, 6.07) is 6.59. The number of nitrogens with one attached hydrogen (secondary N) is 1. The first kappa shape index (κ1) is 12.4. The molecular formula is C13H14FN3O. The van der Waals surface area contributed by atoms with Crippen LogP contribution in [0.15, 0.2) is 36.7 Å². The number of nitrogens with zero attached hydrogens (tertiary/aromatic N) is 2. The minimum Gasteiger partial charge on any atom is -0.494 e. The van der Waals surface area contributed by atoms with Crippen LogP contribution in [0.3, 0.4) is 0 Å². The molecule has 0 fully saturated rings. The van der Waals surface area contributed by atoms with Crippen LogP contribution < -0.4 is 10.1 Å². The Morgan fingerprint density at radius 3 is 2.72 bits per heavy atom. The van der Waals surface area contributed by atoms with E-state index in [9.17, 15) is 4.39 Å². The Hall–Kier alpha value is -2.01. The van der Waals surface area contributed by atoms with Crippen molar-refractivity contribution in [3.8, 4) is 5.75 Å². The number of benzene rings is 1. The topological polar surface area (TPSA) is 47.0 Å². The summed E-state index contributed by atoms with van der Waals surface area (Å²) >= 11 is 0. The number of hydrogen-bond acceptors (Lipinski definition) is 4. The van der Waals surface area contributed by atoms with Gasteiger partial charge in [0.05, 0.1) is 19.3 Å². The van der Waals surface area contributed by atoms with Gasteiger partial charge < -0.3 is 10.1 Å². The summed E-state index contributed by atoms with van der Waals surface area (Å²) in [6.07, 6.45) is 3.19. The fraction of sp³-hybridized carbons (Fsp3) is 0.231. The first-order valence-corrected chi connectivity index (χ1v) is 5.54. The van der Waals surface area contributed by atoms with Crippen molar-refractivity contribution in [2.45, 2.75) is 6.04 Å². The van der Waals surface area contributed by atoms with Crippen LogP contribution >= 0.6 is 0 Å². The molecular weight excluding hydrogens is 233 g/mol. The highest BCUT2D eigenvalue weighted by Gasteiger charge is 2.18. The third-order valence-electron chi connectivity index (χ3n) is 2.75. The molecule has 1 atom stereocenters. The molecule has 0 spiro atoms. The summed E-state index contributed by atoms with van der Waals surface area (Å²) < 4.78 is 19.2. The number of methoxy groups -OCH3 is 1. The smallest absolute Gasteiger partial charge is 0.170 e. The molecule has 1 unspecified atom stereocenters. The highest BCUT2D eigenvalue weighted by atomic mass is 19.1. The Labute approximate surface area is 105 Å². The summed E-state index contributed by atoms with van der Waals surface area (Å²) in [5.74, 6) is -0.133. The average Bonchev–Trinajstić information content (AvgIpc) is 2.43. The third kappa shape index (κ3) is 2.31. The quantitative estimate of drug-likeness (QED) is 0.896. The van der Waals surface area contributed by atoms with Gasteiger partial charge in [0.25, 0.3) is 0 Å². The van der Waals surface area contributed by atoms with E-state index < -0.39 is 0 Å². The van der Waals surface area contributed by atoms with Gasteiger partial charge >= 0.3 is 0 Å². The van der Waals surface area contributed by atoms with Crippen LogP contribution in [0.4, 0.5) is 4.39 Å². The molecule has 4 nitrogen and oxygen atoms in total. The zero-order chi connectivity index (χ0) is 13.0. The van der Waals surface area contributed by atoms with Crippen molar-refractivity contribution in [2.75, 3.05) is 14.2 Å². The lowest BCUT2D eigenvalue weighted by Crippen LogP contribution is -2.19. The van der Waals surface area contributed by atoms with Gasteiger partial charge in [-0.2, -0.15) is 10.2 Å². The molecule has 1 aromatic heterocycles. The minimum atomic E-state index is -0.365. The van der Waals surface area contributed by atoms with Crippen molar-refractivity contribution in [2.24, 2.45) is 0 Å². The fourth-order valence-electron chi connectivity index (χ4n) is 1.88. The highest BCUT2D eigenvalue weighted by Crippen LogP contribution is 2.28. The maximum atomic E-state index is 14.2.